The minimum atomic E-state index is -4.72. The Morgan fingerprint density at radius 1 is 1.21 bits per heavy atom. The number of piperidine rings is 1. The number of halogens is 4. The average Bonchev–Trinajstić information content (AvgIpc) is 3.41. The Labute approximate surface area is 192 Å². The van der Waals surface area contributed by atoms with Gasteiger partial charge in [-0.05, 0) is 48.7 Å². The molecule has 3 heterocycles. The molecule has 1 amide bonds. The Kier molecular flexibility index (Phi) is 5.41. The van der Waals surface area contributed by atoms with Crippen LogP contribution in [0, 0.1) is 6.92 Å². The molecule has 0 saturated carbocycles. The number of rotatable bonds is 3. The van der Waals surface area contributed by atoms with Gasteiger partial charge < -0.3 is 14.7 Å². The van der Waals surface area contributed by atoms with Gasteiger partial charge in [0.1, 0.15) is 0 Å². The molecule has 2 aliphatic heterocycles. The monoisotopic (exact) mass is 476 g/mol. The van der Waals surface area contributed by atoms with Crippen LogP contribution in [0.15, 0.2) is 40.9 Å². The van der Waals surface area contributed by atoms with Crippen molar-refractivity contribution in [2.45, 2.75) is 38.0 Å². The molecule has 1 aromatic heterocycles. The van der Waals surface area contributed by atoms with E-state index in [0.717, 1.165) is 36.2 Å². The first-order valence-corrected chi connectivity index (χ1v) is 10.9. The average molecular weight is 477 g/mol. The Balaban J connectivity index is 1.43. The number of nitrogens with zero attached hydrogens (tertiary/aromatic N) is 3. The molecule has 0 aliphatic carbocycles. The predicted molar refractivity (Wildman–Crippen MR) is 115 cm³/mol. The van der Waals surface area contributed by atoms with Gasteiger partial charge in [-0.25, -0.2) is 0 Å². The maximum Gasteiger partial charge on any atom is 0.471 e. The number of amides is 1. The third-order valence-electron chi connectivity index (χ3n) is 6.32. The molecule has 0 spiro atoms. The third kappa shape index (κ3) is 4.00. The molecular weight excluding hydrogens is 457 g/mol. The highest BCUT2D eigenvalue weighted by Crippen LogP contribution is 2.36. The van der Waals surface area contributed by atoms with Gasteiger partial charge in [0.05, 0.1) is 0 Å². The van der Waals surface area contributed by atoms with Crippen LogP contribution in [0.5, 0.6) is 0 Å². The minimum Gasteiger partial charge on any atom is -0.331 e. The van der Waals surface area contributed by atoms with E-state index in [9.17, 15) is 18.0 Å². The summed E-state index contributed by atoms with van der Waals surface area (Å²) in [5, 5.41) is 7.54. The van der Waals surface area contributed by atoms with Crippen LogP contribution in [-0.4, -0.2) is 40.1 Å². The molecule has 10 heteroatoms. The van der Waals surface area contributed by atoms with Gasteiger partial charge in [0.25, 0.3) is 5.91 Å². The number of aromatic nitrogens is 2. The molecule has 0 bridgehead atoms. The lowest BCUT2D eigenvalue weighted by Crippen LogP contribution is -2.48. The summed E-state index contributed by atoms with van der Waals surface area (Å²) in [5.74, 6) is -1.66. The van der Waals surface area contributed by atoms with E-state index in [2.05, 4.69) is 26.0 Å². The second-order valence-corrected chi connectivity index (χ2v) is 8.81. The summed E-state index contributed by atoms with van der Waals surface area (Å²) in [7, 11) is 0. The zero-order valence-electron chi connectivity index (χ0n) is 17.6. The third-order valence-corrected chi connectivity index (χ3v) is 6.75. The number of nitrogens with one attached hydrogen (secondary N) is 1. The maximum atomic E-state index is 13.4. The summed E-state index contributed by atoms with van der Waals surface area (Å²) >= 11 is 6.20. The topological polar surface area (TPSA) is 71.3 Å². The van der Waals surface area contributed by atoms with Crippen molar-refractivity contribution in [1.82, 2.24) is 20.4 Å². The first-order valence-electron chi connectivity index (χ1n) is 10.5. The fraction of sp³-hybridized carbons (Fsp3) is 0.348. The largest absolute Gasteiger partial charge is 0.471 e. The molecule has 1 fully saturated rings. The second-order valence-electron chi connectivity index (χ2n) is 8.40. The van der Waals surface area contributed by atoms with E-state index < -0.39 is 12.1 Å². The van der Waals surface area contributed by atoms with Crippen LogP contribution in [-0.2, 0) is 12.7 Å². The number of aryl methyl sites for hydroxylation is 1. The molecule has 1 N–H and O–H groups in total. The molecule has 2 aliphatic rings. The summed E-state index contributed by atoms with van der Waals surface area (Å²) in [6.07, 6.45) is -3.93. The lowest BCUT2D eigenvalue weighted by Gasteiger charge is -2.38. The fourth-order valence-electron chi connectivity index (χ4n) is 4.64. The van der Waals surface area contributed by atoms with Crippen LogP contribution in [0.3, 0.4) is 0 Å². The molecule has 3 aromatic rings. The first kappa shape index (κ1) is 21.9. The summed E-state index contributed by atoms with van der Waals surface area (Å²) in [4.78, 5) is 18.7. The highest BCUT2D eigenvalue weighted by Gasteiger charge is 2.40. The van der Waals surface area contributed by atoms with Crippen molar-refractivity contribution >= 4 is 17.5 Å². The van der Waals surface area contributed by atoms with Crippen LogP contribution in [0.25, 0.3) is 11.4 Å². The van der Waals surface area contributed by atoms with Crippen molar-refractivity contribution in [2.24, 2.45) is 0 Å². The minimum absolute atomic E-state index is 0.0165. The van der Waals surface area contributed by atoms with Crippen molar-refractivity contribution in [3.8, 4) is 11.4 Å². The Morgan fingerprint density at radius 3 is 2.76 bits per heavy atom. The molecule has 0 radical (unpaired) electrons. The molecule has 172 valence electrons. The lowest BCUT2D eigenvalue weighted by atomic mass is 9.85. The number of carbonyl (C=O) groups excluding carboxylic acids is 1. The number of hydrogen-bond donors (Lipinski definition) is 1. The first-order chi connectivity index (χ1) is 15.7. The zero-order valence-corrected chi connectivity index (χ0v) is 18.4. The van der Waals surface area contributed by atoms with Crippen LogP contribution >= 0.6 is 11.6 Å². The smallest absolute Gasteiger partial charge is 0.331 e. The second kappa shape index (κ2) is 8.14. The van der Waals surface area contributed by atoms with E-state index >= 15 is 0 Å². The number of benzene rings is 2. The molecule has 1 saturated heterocycles. The van der Waals surface area contributed by atoms with Crippen molar-refractivity contribution < 1.29 is 22.5 Å². The number of carbonyl (C=O) groups is 1. The van der Waals surface area contributed by atoms with Gasteiger partial charge >= 0.3 is 12.1 Å². The Hall–Kier alpha value is -2.91. The molecule has 2 aromatic carbocycles. The normalized spacial score (nSPS) is 20.9. The fourth-order valence-corrected chi connectivity index (χ4v) is 4.76. The van der Waals surface area contributed by atoms with Gasteiger partial charge in [-0.15, -0.1) is 0 Å². The SMILES string of the molecule is Cc1cc([C@@H]2CNCCC2N2Cc3ccc(-c4noc(C(F)(F)F)n4)cc3C2=O)ccc1Cl. The van der Waals surface area contributed by atoms with Crippen molar-refractivity contribution in [3.63, 3.8) is 0 Å². The van der Waals surface area contributed by atoms with E-state index in [4.69, 9.17) is 11.6 Å². The molecule has 2 atom stereocenters. The Bertz CT molecular complexity index is 1230. The van der Waals surface area contributed by atoms with E-state index in [-0.39, 0.29) is 23.7 Å². The van der Waals surface area contributed by atoms with E-state index in [1.165, 1.54) is 0 Å². The van der Waals surface area contributed by atoms with E-state index in [0.29, 0.717) is 22.7 Å². The van der Waals surface area contributed by atoms with Crippen LogP contribution in [0.1, 0.15) is 45.3 Å². The van der Waals surface area contributed by atoms with E-state index in [1.807, 2.05) is 24.0 Å². The summed E-state index contributed by atoms with van der Waals surface area (Å²) in [6.45, 7) is 3.93. The highest BCUT2D eigenvalue weighted by molar-refractivity contribution is 6.31. The zero-order chi connectivity index (χ0) is 23.3. The van der Waals surface area contributed by atoms with Gasteiger partial charge in [-0.2, -0.15) is 18.2 Å². The Morgan fingerprint density at radius 2 is 2.03 bits per heavy atom. The van der Waals surface area contributed by atoms with Gasteiger partial charge in [0.15, 0.2) is 0 Å². The quantitative estimate of drug-likeness (QED) is 0.587. The van der Waals surface area contributed by atoms with E-state index in [1.54, 1.807) is 18.2 Å². The van der Waals surface area contributed by atoms with Crippen molar-refractivity contribution in [2.75, 3.05) is 13.1 Å². The van der Waals surface area contributed by atoms with Crippen molar-refractivity contribution in [1.29, 1.82) is 0 Å². The maximum absolute atomic E-state index is 13.4. The van der Waals surface area contributed by atoms with Crippen LogP contribution < -0.4 is 5.32 Å². The summed E-state index contributed by atoms with van der Waals surface area (Å²) in [6, 6.07) is 10.8. The molecule has 6 nitrogen and oxygen atoms in total. The molecule has 33 heavy (non-hydrogen) atoms. The van der Waals surface area contributed by atoms with Gasteiger partial charge in [0.2, 0.25) is 5.82 Å². The molecule has 5 rings (SSSR count). The number of fused-ring (bicyclic) bond motifs is 1. The summed E-state index contributed by atoms with van der Waals surface area (Å²) < 4.78 is 42.8. The van der Waals surface area contributed by atoms with Gasteiger partial charge in [-0.1, -0.05) is 41.0 Å². The summed E-state index contributed by atoms with van der Waals surface area (Å²) in [5.41, 5.74) is 3.68. The predicted octanol–water partition coefficient (Wildman–Crippen LogP) is 4.82. The molecular formula is C23H20ClF3N4O2. The number of alkyl halides is 3. The van der Waals surface area contributed by atoms with Gasteiger partial charge in [0, 0.05) is 41.2 Å². The highest BCUT2D eigenvalue weighted by atomic mass is 35.5. The number of hydrogen-bond acceptors (Lipinski definition) is 5. The standard InChI is InChI=1S/C23H20ClF3N4O2/c1-12-8-13(4-5-18(12)24)17-10-28-7-6-19(17)31-11-15-3-2-14(9-16(15)21(31)32)20-29-22(33-30-20)23(25,26)27/h2-5,8-9,17,19,28H,6-7,10-11H2,1H3/t17-,19?/m0/s1. The van der Waals surface area contributed by atoms with Crippen LogP contribution in [0.2, 0.25) is 5.02 Å². The molecule has 1 unspecified atom stereocenters. The van der Waals surface area contributed by atoms with Crippen molar-refractivity contribution in [3.05, 3.63) is 69.6 Å². The van der Waals surface area contributed by atoms with Gasteiger partial charge in [-0.3, -0.25) is 4.79 Å². The van der Waals surface area contributed by atoms with Crippen LogP contribution in [0.4, 0.5) is 13.2 Å². The lowest BCUT2D eigenvalue weighted by molar-refractivity contribution is -0.159.